The standard InChI is InChI=1S/C17H24ClN3O.2ClH/c18-15-5-3-14(4-6-15)13-20-9-11-21(12-10-20)16(22)17(19)7-1-2-8-17;;/h3-6H,1-2,7-13,19H2;2*1H. The molecule has 1 aromatic rings. The summed E-state index contributed by atoms with van der Waals surface area (Å²) in [5.41, 5.74) is 6.96. The first kappa shape index (κ1) is 21.5. The van der Waals surface area contributed by atoms with E-state index in [4.69, 9.17) is 17.3 Å². The van der Waals surface area contributed by atoms with Crippen molar-refractivity contribution in [3.63, 3.8) is 0 Å². The van der Waals surface area contributed by atoms with E-state index in [-0.39, 0.29) is 30.7 Å². The van der Waals surface area contributed by atoms with Crippen LogP contribution in [0.1, 0.15) is 31.2 Å². The van der Waals surface area contributed by atoms with Gasteiger partial charge >= 0.3 is 0 Å². The molecule has 0 aromatic heterocycles. The molecule has 3 rings (SSSR count). The summed E-state index contributed by atoms with van der Waals surface area (Å²) in [5, 5.41) is 0.768. The van der Waals surface area contributed by atoms with Crippen molar-refractivity contribution in [2.45, 2.75) is 37.8 Å². The summed E-state index contributed by atoms with van der Waals surface area (Å²) in [5.74, 6) is 0.163. The highest BCUT2D eigenvalue weighted by atomic mass is 35.5. The number of hydrogen-bond donors (Lipinski definition) is 1. The number of hydrogen-bond acceptors (Lipinski definition) is 3. The molecular weight excluding hydrogens is 369 g/mol. The van der Waals surface area contributed by atoms with Crippen LogP contribution in [0.15, 0.2) is 24.3 Å². The van der Waals surface area contributed by atoms with Crippen molar-refractivity contribution < 1.29 is 4.79 Å². The molecule has 0 unspecified atom stereocenters. The minimum absolute atomic E-state index is 0. The Labute approximate surface area is 161 Å². The second-order valence-electron chi connectivity index (χ2n) is 6.56. The normalized spacial score (nSPS) is 20.2. The summed E-state index contributed by atoms with van der Waals surface area (Å²) in [6, 6.07) is 7.98. The molecule has 4 nitrogen and oxygen atoms in total. The third-order valence-electron chi connectivity index (χ3n) is 4.90. The molecule has 2 aliphatic rings. The van der Waals surface area contributed by atoms with E-state index in [1.807, 2.05) is 17.0 Å². The second kappa shape index (κ2) is 9.25. The Morgan fingerprint density at radius 2 is 1.58 bits per heavy atom. The number of carbonyl (C=O) groups excluding carboxylic acids is 1. The average molecular weight is 395 g/mol. The average Bonchev–Trinajstić information content (AvgIpc) is 2.98. The summed E-state index contributed by atoms with van der Waals surface area (Å²) in [7, 11) is 0. The van der Waals surface area contributed by atoms with Crippen LogP contribution < -0.4 is 5.73 Å². The molecule has 2 N–H and O–H groups in total. The van der Waals surface area contributed by atoms with Crippen LogP contribution in [0, 0.1) is 0 Å². The van der Waals surface area contributed by atoms with Crippen LogP contribution >= 0.6 is 36.4 Å². The minimum atomic E-state index is -0.585. The summed E-state index contributed by atoms with van der Waals surface area (Å²) < 4.78 is 0. The molecule has 0 radical (unpaired) electrons. The maximum Gasteiger partial charge on any atom is 0.242 e. The van der Waals surface area contributed by atoms with Crippen molar-refractivity contribution >= 4 is 42.3 Å². The van der Waals surface area contributed by atoms with E-state index in [1.54, 1.807) is 0 Å². The van der Waals surface area contributed by atoms with E-state index in [2.05, 4.69) is 17.0 Å². The Kier molecular flexibility index (Phi) is 8.30. The van der Waals surface area contributed by atoms with Gasteiger partial charge in [0.1, 0.15) is 0 Å². The van der Waals surface area contributed by atoms with Gasteiger partial charge in [0.15, 0.2) is 0 Å². The van der Waals surface area contributed by atoms with Gasteiger partial charge in [0.25, 0.3) is 0 Å². The fourth-order valence-corrected chi connectivity index (χ4v) is 3.62. The molecule has 1 amide bonds. The lowest BCUT2D eigenvalue weighted by molar-refractivity contribution is -0.138. The highest BCUT2D eigenvalue weighted by Gasteiger charge is 2.40. The number of rotatable bonds is 3. The van der Waals surface area contributed by atoms with Gasteiger partial charge in [-0.3, -0.25) is 9.69 Å². The monoisotopic (exact) mass is 393 g/mol. The van der Waals surface area contributed by atoms with E-state index in [0.29, 0.717) is 0 Å². The third-order valence-corrected chi connectivity index (χ3v) is 5.15. The van der Waals surface area contributed by atoms with Crippen LogP contribution in [0.2, 0.25) is 5.02 Å². The first-order chi connectivity index (χ1) is 10.6. The second-order valence-corrected chi connectivity index (χ2v) is 6.99. The molecular formula is C17H26Cl3N3O. The van der Waals surface area contributed by atoms with Crippen molar-refractivity contribution in [3.05, 3.63) is 34.9 Å². The molecule has 1 saturated heterocycles. The van der Waals surface area contributed by atoms with E-state index in [0.717, 1.165) is 63.4 Å². The van der Waals surface area contributed by atoms with E-state index in [1.165, 1.54) is 5.56 Å². The number of halogens is 3. The molecule has 24 heavy (non-hydrogen) atoms. The molecule has 1 heterocycles. The van der Waals surface area contributed by atoms with Gasteiger partial charge in [0, 0.05) is 37.7 Å². The van der Waals surface area contributed by atoms with Gasteiger partial charge in [-0.05, 0) is 30.5 Å². The Morgan fingerprint density at radius 3 is 2.12 bits per heavy atom. The maximum atomic E-state index is 12.6. The summed E-state index contributed by atoms with van der Waals surface area (Å²) in [6.45, 7) is 4.29. The Bertz CT molecular complexity index is 524. The van der Waals surface area contributed by atoms with Crippen molar-refractivity contribution in [1.29, 1.82) is 0 Å². The van der Waals surface area contributed by atoms with Crippen molar-refractivity contribution in [2.24, 2.45) is 5.73 Å². The van der Waals surface area contributed by atoms with Crippen molar-refractivity contribution in [3.8, 4) is 0 Å². The molecule has 1 aromatic carbocycles. The highest BCUT2D eigenvalue weighted by molar-refractivity contribution is 6.30. The number of piperazine rings is 1. The molecule has 1 aliphatic carbocycles. The number of carbonyl (C=O) groups is 1. The number of nitrogens with two attached hydrogens (primary N) is 1. The molecule has 0 bridgehead atoms. The predicted octanol–water partition coefficient (Wildman–Crippen LogP) is 3.10. The molecule has 136 valence electrons. The fourth-order valence-electron chi connectivity index (χ4n) is 3.49. The van der Waals surface area contributed by atoms with Gasteiger partial charge in [-0.15, -0.1) is 24.8 Å². The largest absolute Gasteiger partial charge is 0.339 e. The van der Waals surface area contributed by atoms with Gasteiger partial charge in [-0.25, -0.2) is 0 Å². The van der Waals surface area contributed by atoms with Crippen molar-refractivity contribution in [2.75, 3.05) is 26.2 Å². The summed E-state index contributed by atoms with van der Waals surface area (Å²) in [6.07, 6.45) is 3.85. The maximum absolute atomic E-state index is 12.6. The van der Waals surface area contributed by atoms with Crippen LogP contribution in [0.25, 0.3) is 0 Å². The highest BCUT2D eigenvalue weighted by Crippen LogP contribution is 2.29. The van der Waals surface area contributed by atoms with Gasteiger partial charge in [-0.1, -0.05) is 36.6 Å². The molecule has 1 aliphatic heterocycles. The van der Waals surface area contributed by atoms with Crippen LogP contribution in [0.4, 0.5) is 0 Å². The van der Waals surface area contributed by atoms with Crippen LogP contribution in [-0.2, 0) is 11.3 Å². The lowest BCUT2D eigenvalue weighted by Gasteiger charge is -2.38. The fraction of sp³-hybridized carbons (Fsp3) is 0.588. The SMILES string of the molecule is Cl.Cl.NC1(C(=O)N2CCN(Cc3ccc(Cl)cc3)CC2)CCCC1. The number of amides is 1. The van der Waals surface area contributed by atoms with Gasteiger partial charge in [0.2, 0.25) is 5.91 Å². The zero-order valence-electron chi connectivity index (χ0n) is 13.7. The van der Waals surface area contributed by atoms with E-state index >= 15 is 0 Å². The zero-order chi connectivity index (χ0) is 15.6. The summed E-state index contributed by atoms with van der Waals surface area (Å²) >= 11 is 5.91. The minimum Gasteiger partial charge on any atom is -0.339 e. The molecule has 7 heteroatoms. The van der Waals surface area contributed by atoms with Gasteiger partial charge in [0.05, 0.1) is 5.54 Å². The van der Waals surface area contributed by atoms with Gasteiger partial charge < -0.3 is 10.6 Å². The first-order valence-corrected chi connectivity index (χ1v) is 8.50. The zero-order valence-corrected chi connectivity index (χ0v) is 16.1. The number of benzene rings is 1. The topological polar surface area (TPSA) is 49.6 Å². The third kappa shape index (κ3) is 4.99. The number of nitrogens with zero attached hydrogens (tertiary/aromatic N) is 2. The predicted molar refractivity (Wildman–Crippen MR) is 103 cm³/mol. The van der Waals surface area contributed by atoms with E-state index in [9.17, 15) is 4.79 Å². The molecule has 0 atom stereocenters. The molecule has 2 fully saturated rings. The molecule has 0 spiro atoms. The van der Waals surface area contributed by atoms with Crippen LogP contribution in [-0.4, -0.2) is 47.4 Å². The van der Waals surface area contributed by atoms with Crippen LogP contribution in [0.3, 0.4) is 0 Å². The quantitative estimate of drug-likeness (QED) is 0.857. The van der Waals surface area contributed by atoms with Gasteiger partial charge in [-0.2, -0.15) is 0 Å². The first-order valence-electron chi connectivity index (χ1n) is 8.12. The Hall–Kier alpha value is -0.520. The smallest absolute Gasteiger partial charge is 0.242 e. The Morgan fingerprint density at radius 1 is 1.04 bits per heavy atom. The van der Waals surface area contributed by atoms with Crippen LogP contribution in [0.5, 0.6) is 0 Å². The van der Waals surface area contributed by atoms with E-state index < -0.39 is 5.54 Å². The molecule has 1 saturated carbocycles. The van der Waals surface area contributed by atoms with Crippen molar-refractivity contribution in [1.82, 2.24) is 9.80 Å². The lowest BCUT2D eigenvalue weighted by Crippen LogP contribution is -2.58. The Balaban J connectivity index is 0.00000144. The lowest BCUT2D eigenvalue weighted by atomic mass is 9.97. The summed E-state index contributed by atoms with van der Waals surface area (Å²) in [4.78, 5) is 16.9.